The lowest BCUT2D eigenvalue weighted by Gasteiger charge is -2.23. The van der Waals surface area contributed by atoms with Crippen LogP contribution in [0.25, 0.3) is 71.6 Å². The standard InChI is InChI=1S/C43H32N2/c1-27-44-39-18-10-11-19-40(39)45(27)30-23-20-28(21-24-30)41-33-13-4-6-15-35(33)42(36-16-7-5-14-34(36)41)29-22-25-32-31-12-8-9-17-37(31)43(2,3)38(32)26-29/h4-26H,1-3H3/i1D3,4D,5D,6D,7D,8D,9D,12D,13D,14D,15D,16D,17D,22D,25D,26D. The zero-order valence-corrected chi connectivity index (χ0v) is 24.0. The highest BCUT2D eigenvalue weighted by Crippen LogP contribution is 2.51. The summed E-state index contributed by atoms with van der Waals surface area (Å²) in [5.74, 6) is -0.218. The van der Waals surface area contributed by atoms with Crippen molar-refractivity contribution in [3.63, 3.8) is 0 Å². The van der Waals surface area contributed by atoms with Crippen LogP contribution in [0.3, 0.4) is 0 Å². The minimum absolute atomic E-state index is 0.0339. The molecule has 2 nitrogen and oxygen atoms in total. The summed E-state index contributed by atoms with van der Waals surface area (Å²) in [6, 6.07) is 3.99. The Labute approximate surface area is 288 Å². The van der Waals surface area contributed by atoms with Gasteiger partial charge in [-0.05, 0) is 103 Å². The molecule has 0 saturated heterocycles. The normalized spacial score (nSPS) is 19.3. The molecule has 0 N–H and O–H groups in total. The van der Waals surface area contributed by atoms with Gasteiger partial charge in [0, 0.05) is 15.2 Å². The number of aryl methyl sites for hydroxylation is 1. The molecule has 9 rings (SSSR count). The molecule has 0 unspecified atom stereocenters. The van der Waals surface area contributed by atoms with Crippen molar-refractivity contribution in [1.29, 1.82) is 0 Å². The maximum atomic E-state index is 9.85. The Morgan fingerprint density at radius 3 is 1.91 bits per heavy atom. The Balaban J connectivity index is 1.46. The maximum Gasteiger partial charge on any atom is 0.111 e. The van der Waals surface area contributed by atoms with Crippen LogP contribution in [0.1, 0.15) is 55.5 Å². The van der Waals surface area contributed by atoms with E-state index in [1.54, 1.807) is 50.2 Å². The Bertz CT molecular complexity index is 3320. The van der Waals surface area contributed by atoms with Gasteiger partial charge in [0.25, 0.3) is 0 Å². The molecule has 45 heavy (non-hydrogen) atoms. The molecule has 2 heteroatoms. The van der Waals surface area contributed by atoms with E-state index in [0.717, 1.165) is 0 Å². The van der Waals surface area contributed by atoms with Crippen molar-refractivity contribution in [2.45, 2.75) is 26.1 Å². The summed E-state index contributed by atoms with van der Waals surface area (Å²) in [7, 11) is 0. The van der Waals surface area contributed by atoms with Crippen molar-refractivity contribution >= 4 is 32.6 Å². The Morgan fingerprint density at radius 1 is 0.622 bits per heavy atom. The number of hydrogen-bond donors (Lipinski definition) is 0. The first kappa shape index (κ1) is 13.7. The SMILES string of the molecule is [2H]c1c([2H])c([2H])c2c(c1[2H])-c1c([2H])c([2H])c(-c3c4c([2H])c([2H])c([2H])c([2H])c4c(-c4ccc(-n5c(C([2H])([2H])[2H])nc6ccccc65)cc4)c4c([2H])c([2H])c([2H])c([2H])c34)c([2H])c1C2(C)C. The number of aromatic nitrogens is 2. The molecule has 0 saturated carbocycles. The molecule has 1 aromatic heterocycles. The van der Waals surface area contributed by atoms with E-state index in [-0.39, 0.29) is 66.3 Å². The van der Waals surface area contributed by atoms with Gasteiger partial charge in [-0.2, -0.15) is 0 Å². The fourth-order valence-electron chi connectivity index (χ4n) is 6.51. The largest absolute Gasteiger partial charge is 0.297 e. The highest BCUT2D eigenvalue weighted by Gasteiger charge is 2.35. The molecule has 7 aromatic carbocycles. The molecule has 0 aliphatic heterocycles. The first-order valence-corrected chi connectivity index (χ1v) is 14.3. The number of fused-ring (bicyclic) bond motifs is 6. The molecule has 0 atom stereocenters. The summed E-state index contributed by atoms with van der Waals surface area (Å²) in [5, 5.41) is -1.04. The number of hydrogen-bond acceptors (Lipinski definition) is 1. The zero-order valence-electron chi connectivity index (χ0n) is 42.0. The predicted octanol–water partition coefficient (Wildman–Crippen LogP) is 11.3. The molecule has 1 aliphatic carbocycles. The van der Waals surface area contributed by atoms with Crippen LogP contribution in [0.4, 0.5) is 0 Å². The minimum Gasteiger partial charge on any atom is -0.297 e. The third kappa shape index (κ3) is 3.72. The topological polar surface area (TPSA) is 17.8 Å². The quantitative estimate of drug-likeness (QED) is 0.186. The Kier molecular flexibility index (Phi) is 2.89. The van der Waals surface area contributed by atoms with E-state index < -0.39 is 108 Å². The Morgan fingerprint density at radius 2 is 1.22 bits per heavy atom. The third-order valence-electron chi connectivity index (χ3n) is 8.60. The molecular formula is C43H32N2. The van der Waals surface area contributed by atoms with E-state index >= 15 is 0 Å². The second-order valence-corrected chi connectivity index (χ2v) is 11.4. The molecular weight excluding hydrogens is 544 g/mol. The number of benzene rings is 7. The second-order valence-electron chi connectivity index (χ2n) is 11.4. The van der Waals surface area contributed by atoms with Crippen LogP contribution in [-0.2, 0) is 5.41 Å². The number of rotatable bonds is 3. The summed E-state index contributed by atoms with van der Waals surface area (Å²) < 4.78 is 162. The third-order valence-corrected chi connectivity index (χ3v) is 8.60. The first-order chi connectivity index (χ1) is 29.5. The van der Waals surface area contributed by atoms with E-state index in [1.807, 2.05) is 0 Å². The average Bonchev–Trinajstić information content (AvgIpc) is 3.76. The lowest BCUT2D eigenvalue weighted by molar-refractivity contribution is 0.660. The monoisotopic (exact) mass is 594 g/mol. The molecule has 0 amide bonds. The van der Waals surface area contributed by atoms with Crippen molar-refractivity contribution in [3.8, 4) is 39.1 Å². The molecule has 0 spiro atoms. The van der Waals surface area contributed by atoms with Gasteiger partial charge in [0.05, 0.1) is 31.6 Å². The number of imidazole rings is 1. The summed E-state index contributed by atoms with van der Waals surface area (Å²) in [5.41, 5.74) is -0.675. The van der Waals surface area contributed by atoms with E-state index in [1.165, 1.54) is 16.7 Å². The molecule has 0 radical (unpaired) electrons. The van der Waals surface area contributed by atoms with Gasteiger partial charge in [-0.25, -0.2) is 4.98 Å². The van der Waals surface area contributed by atoms with E-state index in [9.17, 15) is 9.60 Å². The molecule has 8 aromatic rings. The van der Waals surface area contributed by atoms with Crippen LogP contribution < -0.4 is 0 Å². The highest BCUT2D eigenvalue weighted by molar-refractivity contribution is 6.21. The molecule has 0 fully saturated rings. The minimum atomic E-state index is -2.63. The smallest absolute Gasteiger partial charge is 0.111 e. The van der Waals surface area contributed by atoms with Gasteiger partial charge < -0.3 is 0 Å². The first-order valence-electron chi connectivity index (χ1n) is 23.3. The van der Waals surface area contributed by atoms with Crippen LogP contribution in [0.2, 0.25) is 0 Å². The highest BCUT2D eigenvalue weighted by atomic mass is 15.1. The van der Waals surface area contributed by atoms with Crippen LogP contribution in [0.5, 0.6) is 0 Å². The van der Waals surface area contributed by atoms with Gasteiger partial charge in [-0.15, -0.1) is 0 Å². The van der Waals surface area contributed by atoms with Gasteiger partial charge in [-0.1, -0.05) is 123 Å². The maximum absolute atomic E-state index is 9.85. The van der Waals surface area contributed by atoms with Crippen LogP contribution in [0, 0.1) is 6.85 Å². The van der Waals surface area contributed by atoms with E-state index in [0.29, 0.717) is 16.7 Å². The lowest BCUT2D eigenvalue weighted by Crippen LogP contribution is -2.14. The van der Waals surface area contributed by atoms with Crippen LogP contribution in [-0.4, -0.2) is 9.55 Å². The van der Waals surface area contributed by atoms with Gasteiger partial charge >= 0.3 is 0 Å². The second kappa shape index (κ2) is 9.51. The number of nitrogens with zero attached hydrogens (tertiary/aromatic N) is 2. The lowest BCUT2D eigenvalue weighted by atomic mass is 9.80. The fourth-order valence-corrected chi connectivity index (χ4v) is 6.51. The van der Waals surface area contributed by atoms with Crippen molar-refractivity contribution < 1.29 is 24.7 Å². The van der Waals surface area contributed by atoms with Crippen LogP contribution >= 0.6 is 0 Å². The van der Waals surface area contributed by atoms with Gasteiger partial charge in [0.15, 0.2) is 0 Å². The molecule has 214 valence electrons. The molecule has 0 bridgehead atoms. The van der Waals surface area contributed by atoms with Crippen molar-refractivity contribution in [3.05, 3.63) is 156 Å². The predicted molar refractivity (Wildman–Crippen MR) is 189 cm³/mol. The zero-order chi connectivity index (χ0) is 45.8. The van der Waals surface area contributed by atoms with Gasteiger partial charge in [-0.3, -0.25) is 4.57 Å². The fraction of sp³-hybridized carbons (Fsp3) is 0.0930. The molecule has 1 aliphatic rings. The summed E-state index contributed by atoms with van der Waals surface area (Å²) >= 11 is 0. The summed E-state index contributed by atoms with van der Waals surface area (Å²) in [6.07, 6.45) is 0. The van der Waals surface area contributed by atoms with Gasteiger partial charge in [0.1, 0.15) is 5.82 Å². The summed E-state index contributed by atoms with van der Waals surface area (Å²) in [6.45, 7) is 0.589. The van der Waals surface area contributed by atoms with Crippen LogP contribution in [0.15, 0.2) is 139 Å². The van der Waals surface area contributed by atoms with E-state index in [4.69, 9.17) is 15.1 Å². The van der Waals surface area contributed by atoms with Crippen molar-refractivity contribution in [2.24, 2.45) is 0 Å². The average molecular weight is 595 g/mol. The summed E-state index contributed by atoms with van der Waals surface area (Å²) in [4.78, 5) is 4.37. The number of para-hydroxylation sites is 2. The van der Waals surface area contributed by atoms with Crippen molar-refractivity contribution in [1.82, 2.24) is 9.55 Å². The Hall–Kier alpha value is -5.47. The van der Waals surface area contributed by atoms with Crippen molar-refractivity contribution in [2.75, 3.05) is 0 Å². The molecule has 1 heterocycles. The van der Waals surface area contributed by atoms with E-state index in [2.05, 4.69) is 4.98 Å². The van der Waals surface area contributed by atoms with Gasteiger partial charge in [0.2, 0.25) is 0 Å².